The molecule has 0 bridgehead atoms. The van der Waals surface area contributed by atoms with Crippen molar-refractivity contribution in [3.8, 4) is 5.75 Å². The first-order valence-electron chi connectivity index (χ1n) is 12.1. The first-order valence-corrected chi connectivity index (χ1v) is 12.9. The Morgan fingerprint density at radius 2 is 1.70 bits per heavy atom. The van der Waals surface area contributed by atoms with Gasteiger partial charge >= 0.3 is 6.03 Å². The van der Waals surface area contributed by atoms with Gasteiger partial charge in [-0.15, -0.1) is 0 Å². The lowest BCUT2D eigenvalue weighted by atomic mass is 10.2. The van der Waals surface area contributed by atoms with Gasteiger partial charge in [-0.2, -0.15) is 0 Å². The number of anilines is 3. The lowest BCUT2D eigenvalue weighted by molar-refractivity contribution is 0.0322. The average molecular weight is 522 g/mol. The molecule has 0 radical (unpaired) electrons. The summed E-state index contributed by atoms with van der Waals surface area (Å²) in [6, 6.07) is 18.7. The summed E-state index contributed by atoms with van der Waals surface area (Å²) < 4.78 is 25.4. The molecule has 0 saturated carbocycles. The van der Waals surface area contributed by atoms with E-state index < -0.39 is 6.03 Å². The third-order valence-corrected chi connectivity index (χ3v) is 6.87. The van der Waals surface area contributed by atoms with Crippen LogP contribution < -0.4 is 20.7 Å². The van der Waals surface area contributed by atoms with Crippen LogP contribution in [-0.4, -0.2) is 55.4 Å². The van der Waals surface area contributed by atoms with E-state index >= 15 is 0 Å². The monoisotopic (exact) mass is 521 g/mol. The molecule has 1 saturated heterocycles. The van der Waals surface area contributed by atoms with E-state index in [1.807, 2.05) is 42.5 Å². The average Bonchev–Trinajstić information content (AvgIpc) is 3.32. The summed E-state index contributed by atoms with van der Waals surface area (Å²) in [5.41, 5.74) is 3.15. The number of ether oxygens (including phenoxy) is 2. The molecule has 0 atom stereocenters. The van der Waals surface area contributed by atoms with Gasteiger partial charge in [-0.25, -0.2) is 14.2 Å². The number of carbonyl (C=O) groups is 1. The predicted molar refractivity (Wildman–Crippen MR) is 145 cm³/mol. The van der Waals surface area contributed by atoms with Crippen molar-refractivity contribution in [2.24, 2.45) is 0 Å². The summed E-state index contributed by atoms with van der Waals surface area (Å²) in [6.07, 6.45) is 0. The third-order valence-electron chi connectivity index (χ3n) is 5.90. The van der Waals surface area contributed by atoms with Crippen LogP contribution >= 0.6 is 11.3 Å². The Morgan fingerprint density at radius 3 is 2.43 bits per heavy atom. The maximum absolute atomic E-state index is 13.0. The van der Waals surface area contributed by atoms with E-state index in [2.05, 4.69) is 25.8 Å². The van der Waals surface area contributed by atoms with E-state index in [4.69, 9.17) is 9.47 Å². The molecule has 1 fully saturated rings. The Morgan fingerprint density at radius 1 is 1.00 bits per heavy atom. The van der Waals surface area contributed by atoms with Gasteiger partial charge in [0.1, 0.15) is 18.2 Å². The maximum Gasteiger partial charge on any atom is 0.323 e. The number of rotatable bonds is 9. The fourth-order valence-electron chi connectivity index (χ4n) is 3.90. The summed E-state index contributed by atoms with van der Waals surface area (Å²) >= 11 is 1.59. The molecule has 1 aliphatic heterocycles. The zero-order valence-electron chi connectivity index (χ0n) is 20.2. The smallest absolute Gasteiger partial charge is 0.323 e. The number of aromatic nitrogens is 1. The minimum Gasteiger partial charge on any atom is -0.492 e. The summed E-state index contributed by atoms with van der Waals surface area (Å²) in [4.78, 5) is 19.2. The number of carbonyl (C=O) groups excluding carboxylic acids is 1. The molecule has 1 aromatic heterocycles. The molecular weight excluding hydrogens is 493 g/mol. The first-order chi connectivity index (χ1) is 18.1. The molecular formula is C27H28FN5O3S. The molecule has 1 aliphatic rings. The van der Waals surface area contributed by atoms with Crippen molar-refractivity contribution < 1.29 is 18.7 Å². The Kier molecular flexibility index (Phi) is 8.09. The summed E-state index contributed by atoms with van der Waals surface area (Å²) in [6.45, 7) is 5.64. The minimum atomic E-state index is -0.392. The van der Waals surface area contributed by atoms with Crippen LogP contribution in [0.25, 0.3) is 10.2 Å². The van der Waals surface area contributed by atoms with E-state index in [1.54, 1.807) is 11.3 Å². The second-order valence-corrected chi connectivity index (χ2v) is 9.62. The Bertz CT molecular complexity index is 1320. The highest BCUT2D eigenvalue weighted by molar-refractivity contribution is 7.22. The van der Waals surface area contributed by atoms with Crippen LogP contribution in [0.3, 0.4) is 0 Å². The largest absolute Gasteiger partial charge is 0.492 e. The summed E-state index contributed by atoms with van der Waals surface area (Å²) in [7, 11) is 0. The van der Waals surface area contributed by atoms with Gasteiger partial charge < -0.3 is 25.4 Å². The normalized spacial score (nSPS) is 13.9. The number of nitrogens with one attached hydrogen (secondary N) is 3. The highest BCUT2D eigenvalue weighted by Crippen LogP contribution is 2.29. The zero-order valence-corrected chi connectivity index (χ0v) is 21.0. The number of thiazole rings is 1. The Balaban J connectivity index is 1.09. The van der Waals surface area contributed by atoms with Crippen molar-refractivity contribution >= 4 is 44.1 Å². The highest BCUT2D eigenvalue weighted by atomic mass is 32.1. The highest BCUT2D eigenvalue weighted by Gasteiger charge is 2.11. The summed E-state index contributed by atoms with van der Waals surface area (Å²) in [5, 5.41) is 9.64. The molecule has 192 valence electrons. The number of amides is 2. The second kappa shape index (κ2) is 12.0. The SMILES string of the molecule is O=C(Nc1ccc(F)cc1)Nc1ccc(CNc2nc3ccc(OCCN4CCOCC4)cc3s2)cc1. The number of urea groups is 1. The van der Waals surface area contributed by atoms with E-state index in [-0.39, 0.29) is 5.82 Å². The Labute approximate surface area is 218 Å². The topological polar surface area (TPSA) is 87.8 Å². The molecule has 3 N–H and O–H groups in total. The van der Waals surface area contributed by atoms with E-state index in [9.17, 15) is 9.18 Å². The fraction of sp³-hybridized carbons (Fsp3) is 0.259. The van der Waals surface area contributed by atoms with Gasteiger partial charge in [-0.05, 0) is 60.2 Å². The molecule has 5 rings (SSSR count). The van der Waals surface area contributed by atoms with Crippen molar-refractivity contribution in [3.05, 3.63) is 78.1 Å². The minimum absolute atomic E-state index is 0.352. The zero-order chi connectivity index (χ0) is 25.5. The van der Waals surface area contributed by atoms with Gasteiger partial charge in [-0.3, -0.25) is 4.90 Å². The molecule has 0 aliphatic carbocycles. The van der Waals surface area contributed by atoms with Crippen LogP contribution in [0, 0.1) is 5.82 Å². The van der Waals surface area contributed by atoms with Crippen molar-refractivity contribution in [3.63, 3.8) is 0 Å². The lowest BCUT2D eigenvalue weighted by Gasteiger charge is -2.26. The van der Waals surface area contributed by atoms with E-state index in [0.29, 0.717) is 24.5 Å². The van der Waals surface area contributed by atoms with Crippen molar-refractivity contribution in [2.75, 3.05) is 55.4 Å². The number of nitrogens with zero attached hydrogens (tertiary/aromatic N) is 2. The number of fused-ring (bicyclic) bond motifs is 1. The third kappa shape index (κ3) is 7.16. The molecule has 37 heavy (non-hydrogen) atoms. The van der Waals surface area contributed by atoms with Crippen LogP contribution in [0.4, 0.5) is 25.7 Å². The van der Waals surface area contributed by atoms with Crippen LogP contribution in [0.5, 0.6) is 5.75 Å². The van der Waals surface area contributed by atoms with Gasteiger partial charge in [0.05, 0.1) is 23.4 Å². The number of morpholine rings is 1. The van der Waals surface area contributed by atoms with Gasteiger partial charge in [0.2, 0.25) is 0 Å². The van der Waals surface area contributed by atoms with Crippen LogP contribution in [-0.2, 0) is 11.3 Å². The fourth-order valence-corrected chi connectivity index (χ4v) is 4.79. The number of benzene rings is 3. The molecule has 2 heterocycles. The van der Waals surface area contributed by atoms with E-state index in [1.165, 1.54) is 24.3 Å². The standard InChI is InChI=1S/C27H28FN5O3S/c28-20-3-7-22(8-4-20)31-26(34)30-21-5-1-19(2-6-21)18-29-27-32-24-10-9-23(17-25(24)37-27)36-16-13-33-11-14-35-15-12-33/h1-10,17H,11-16,18H2,(H,29,32)(H2,30,31,34). The number of hydrogen-bond acceptors (Lipinski definition) is 7. The van der Waals surface area contributed by atoms with Gasteiger partial charge in [0.15, 0.2) is 5.13 Å². The molecule has 8 nitrogen and oxygen atoms in total. The van der Waals surface area contributed by atoms with Gasteiger partial charge in [0.25, 0.3) is 0 Å². The second-order valence-electron chi connectivity index (χ2n) is 8.59. The number of halogens is 1. The van der Waals surface area contributed by atoms with Crippen LogP contribution in [0.2, 0.25) is 0 Å². The van der Waals surface area contributed by atoms with E-state index in [0.717, 1.165) is 59.5 Å². The predicted octanol–water partition coefficient (Wildman–Crippen LogP) is 5.40. The lowest BCUT2D eigenvalue weighted by Crippen LogP contribution is -2.38. The number of hydrogen-bond donors (Lipinski definition) is 3. The van der Waals surface area contributed by atoms with Crippen molar-refractivity contribution in [1.82, 2.24) is 9.88 Å². The van der Waals surface area contributed by atoms with Gasteiger partial charge in [-0.1, -0.05) is 23.5 Å². The maximum atomic E-state index is 13.0. The molecule has 3 aromatic carbocycles. The van der Waals surface area contributed by atoms with Crippen LogP contribution in [0.15, 0.2) is 66.7 Å². The first kappa shape index (κ1) is 24.9. The molecule has 0 spiro atoms. The molecule has 10 heteroatoms. The molecule has 4 aromatic rings. The summed E-state index contributed by atoms with van der Waals surface area (Å²) in [5.74, 6) is 0.498. The Hall–Kier alpha value is -3.73. The van der Waals surface area contributed by atoms with Gasteiger partial charge in [0, 0.05) is 37.6 Å². The van der Waals surface area contributed by atoms with Crippen LogP contribution in [0.1, 0.15) is 5.56 Å². The van der Waals surface area contributed by atoms with Crippen molar-refractivity contribution in [2.45, 2.75) is 6.54 Å². The quantitative estimate of drug-likeness (QED) is 0.273. The molecule has 0 unspecified atom stereocenters. The molecule has 2 amide bonds. The van der Waals surface area contributed by atoms with Crippen molar-refractivity contribution in [1.29, 1.82) is 0 Å².